The molecule has 1 saturated heterocycles. The molecule has 0 radical (unpaired) electrons. The van der Waals surface area contributed by atoms with Crippen molar-refractivity contribution in [3.05, 3.63) is 65.2 Å². The van der Waals surface area contributed by atoms with E-state index in [4.69, 9.17) is 9.47 Å². The minimum Gasteiger partial charge on any atom is -0.343 e. The molecule has 148 valence electrons. The van der Waals surface area contributed by atoms with Crippen molar-refractivity contribution in [2.75, 3.05) is 19.4 Å². The summed E-state index contributed by atoms with van der Waals surface area (Å²) < 4.78 is 38.1. The molecular weight excluding hydrogens is 374 g/mol. The lowest BCUT2D eigenvalue weighted by atomic mass is 9.97. The zero-order chi connectivity index (χ0) is 19.9. The third-order valence-electron chi connectivity index (χ3n) is 5.42. The fourth-order valence-corrected chi connectivity index (χ4v) is 4.53. The van der Waals surface area contributed by atoms with Crippen LogP contribution in [0.4, 0.5) is 0 Å². The van der Waals surface area contributed by atoms with Gasteiger partial charge >= 0.3 is 0 Å². The fraction of sp³-hybridized carbons (Fsp3) is 0.409. The fourth-order valence-electron chi connectivity index (χ4n) is 3.90. The van der Waals surface area contributed by atoms with E-state index in [0.717, 1.165) is 18.5 Å². The molecule has 0 N–H and O–H groups in total. The second-order valence-electron chi connectivity index (χ2n) is 7.97. The van der Waals surface area contributed by atoms with Crippen LogP contribution in [0.2, 0.25) is 0 Å². The Balaban J connectivity index is 1.69. The molecule has 0 aromatic heterocycles. The minimum atomic E-state index is -3.22. The maximum absolute atomic E-state index is 11.8. The summed E-state index contributed by atoms with van der Waals surface area (Å²) in [7, 11) is -3.22. The highest BCUT2D eigenvalue weighted by molar-refractivity contribution is 7.90. The Hall–Kier alpha value is -2.02. The van der Waals surface area contributed by atoms with E-state index in [1.54, 1.807) is 12.1 Å². The minimum absolute atomic E-state index is 0.0189. The van der Waals surface area contributed by atoms with Gasteiger partial charge in [0.1, 0.15) is 19.3 Å². The molecule has 28 heavy (non-hydrogen) atoms. The number of benzene rings is 2. The van der Waals surface area contributed by atoms with Crippen molar-refractivity contribution in [1.29, 1.82) is 0 Å². The lowest BCUT2D eigenvalue weighted by Crippen LogP contribution is -2.50. The molecule has 0 spiro atoms. The Morgan fingerprint density at radius 2 is 1.79 bits per heavy atom. The maximum atomic E-state index is 11.8. The summed E-state index contributed by atoms with van der Waals surface area (Å²) in [6, 6.07) is 15.5. The molecule has 4 rings (SSSR count). The van der Waals surface area contributed by atoms with Crippen LogP contribution >= 0.6 is 0 Å². The van der Waals surface area contributed by atoms with Crippen LogP contribution in [-0.2, 0) is 25.7 Å². The Morgan fingerprint density at radius 3 is 2.50 bits per heavy atom. The summed E-state index contributed by atoms with van der Waals surface area (Å²) in [4.78, 5) is 0.317. The predicted molar refractivity (Wildman–Crippen MR) is 108 cm³/mol. The van der Waals surface area contributed by atoms with E-state index in [-0.39, 0.29) is 12.1 Å². The number of rotatable bonds is 3. The molecule has 2 aromatic rings. The van der Waals surface area contributed by atoms with Gasteiger partial charge in [-0.25, -0.2) is 13.0 Å². The van der Waals surface area contributed by atoms with Gasteiger partial charge in [-0.3, -0.25) is 0 Å². The summed E-state index contributed by atoms with van der Waals surface area (Å²) >= 11 is 0. The van der Waals surface area contributed by atoms with Crippen molar-refractivity contribution in [2.24, 2.45) is 0 Å². The first kappa shape index (κ1) is 19.3. The van der Waals surface area contributed by atoms with Gasteiger partial charge in [-0.15, -0.1) is 0 Å². The monoisotopic (exact) mass is 400 g/mol. The molecule has 2 aromatic carbocycles. The smallest absolute Gasteiger partial charge is 0.206 e. The second kappa shape index (κ2) is 7.10. The Bertz CT molecular complexity index is 1010. The lowest BCUT2D eigenvalue weighted by Gasteiger charge is -2.39. The van der Waals surface area contributed by atoms with Crippen LogP contribution in [0.25, 0.3) is 0 Å². The second-order valence-corrected chi connectivity index (χ2v) is 9.99. The normalized spacial score (nSPS) is 24.3. The summed E-state index contributed by atoms with van der Waals surface area (Å²) in [5, 5.41) is 0. The first-order chi connectivity index (χ1) is 13.2. The van der Waals surface area contributed by atoms with Crippen LogP contribution in [-0.4, -0.2) is 50.4 Å². The van der Waals surface area contributed by atoms with E-state index < -0.39 is 15.6 Å². The van der Waals surface area contributed by atoms with Crippen LogP contribution in [0, 0.1) is 0 Å². The van der Waals surface area contributed by atoms with Gasteiger partial charge in [0.15, 0.2) is 21.8 Å². The van der Waals surface area contributed by atoms with Crippen LogP contribution < -0.4 is 0 Å². The topological polar surface area (TPSA) is 55.6 Å². The highest BCUT2D eigenvalue weighted by atomic mass is 32.2. The summed E-state index contributed by atoms with van der Waals surface area (Å²) in [5.74, 6) is -0.690. The van der Waals surface area contributed by atoms with Gasteiger partial charge in [-0.2, -0.15) is 0 Å². The highest BCUT2D eigenvalue weighted by Crippen LogP contribution is 2.35. The first-order valence-corrected chi connectivity index (χ1v) is 11.4. The van der Waals surface area contributed by atoms with Crippen molar-refractivity contribution in [3.63, 3.8) is 0 Å². The van der Waals surface area contributed by atoms with E-state index in [2.05, 4.69) is 35.1 Å². The summed E-state index contributed by atoms with van der Waals surface area (Å²) in [6.07, 6.45) is 4.18. The standard InChI is InChI=1S/C22H26NO4S/c1-22(2)26-15-20(23-13-12-16-6-4-5-7-18(16)14-23)21(27-22)17-8-10-19(11-9-17)28(3,24)25/h4-11,14,20-21H,12-13,15H2,1-3H3/q+1/t20-,21-/m0/s1. The SMILES string of the molecule is CC1(C)OC[C@H]([N+]2=Cc3ccccc3CC2)[C@H](c2ccc(S(C)(=O)=O)cc2)O1. The predicted octanol–water partition coefficient (Wildman–Crippen LogP) is 2.97. The molecule has 0 bridgehead atoms. The summed E-state index contributed by atoms with van der Waals surface area (Å²) in [5.41, 5.74) is 3.54. The molecule has 0 unspecified atom stereocenters. The van der Waals surface area contributed by atoms with Crippen LogP contribution in [0.1, 0.15) is 36.6 Å². The van der Waals surface area contributed by atoms with Crippen molar-refractivity contribution in [2.45, 2.75) is 43.1 Å². The quantitative estimate of drug-likeness (QED) is 0.744. The van der Waals surface area contributed by atoms with Crippen molar-refractivity contribution in [3.8, 4) is 0 Å². The molecule has 5 nitrogen and oxygen atoms in total. The molecule has 2 heterocycles. The van der Waals surface area contributed by atoms with E-state index in [0.29, 0.717) is 11.5 Å². The number of nitrogens with zero attached hydrogens (tertiary/aromatic N) is 1. The van der Waals surface area contributed by atoms with Gasteiger partial charge in [-0.1, -0.05) is 30.3 Å². The van der Waals surface area contributed by atoms with Crippen molar-refractivity contribution < 1.29 is 22.5 Å². The summed E-state index contributed by atoms with van der Waals surface area (Å²) in [6.45, 7) is 5.27. The lowest BCUT2D eigenvalue weighted by molar-refractivity contribution is -0.595. The van der Waals surface area contributed by atoms with Crippen molar-refractivity contribution in [1.82, 2.24) is 0 Å². The molecule has 6 heteroatoms. The molecule has 0 amide bonds. The third-order valence-corrected chi connectivity index (χ3v) is 6.55. The largest absolute Gasteiger partial charge is 0.343 e. The average molecular weight is 401 g/mol. The molecule has 0 aliphatic carbocycles. The molecule has 2 aliphatic rings. The Labute approximate surface area is 166 Å². The zero-order valence-corrected chi connectivity index (χ0v) is 17.3. The van der Waals surface area contributed by atoms with Crippen LogP contribution in [0.5, 0.6) is 0 Å². The van der Waals surface area contributed by atoms with Crippen LogP contribution in [0.3, 0.4) is 0 Å². The zero-order valence-electron chi connectivity index (χ0n) is 16.5. The van der Waals surface area contributed by atoms with Gasteiger partial charge in [0.2, 0.25) is 6.04 Å². The molecule has 2 atom stereocenters. The average Bonchev–Trinajstić information content (AvgIpc) is 2.66. The third kappa shape index (κ3) is 3.90. The van der Waals surface area contributed by atoms with Gasteiger partial charge in [0.05, 0.1) is 4.90 Å². The highest BCUT2D eigenvalue weighted by Gasteiger charge is 2.43. The number of sulfone groups is 1. The molecule has 0 saturated carbocycles. The number of hydrogen-bond donors (Lipinski definition) is 0. The Morgan fingerprint density at radius 1 is 1.07 bits per heavy atom. The number of hydrogen-bond acceptors (Lipinski definition) is 4. The van der Waals surface area contributed by atoms with E-state index in [9.17, 15) is 8.42 Å². The van der Waals surface area contributed by atoms with Crippen molar-refractivity contribution >= 4 is 16.1 Å². The molecule has 2 aliphatic heterocycles. The van der Waals surface area contributed by atoms with Gasteiger partial charge < -0.3 is 9.47 Å². The Kier molecular flexibility index (Phi) is 4.89. The molecular formula is C22H26NO4S+. The van der Waals surface area contributed by atoms with E-state index >= 15 is 0 Å². The van der Waals surface area contributed by atoms with Crippen LogP contribution in [0.15, 0.2) is 53.4 Å². The first-order valence-electron chi connectivity index (χ1n) is 9.53. The van der Waals surface area contributed by atoms with Gasteiger partial charge in [-0.05, 0) is 43.2 Å². The van der Waals surface area contributed by atoms with E-state index in [1.165, 1.54) is 17.4 Å². The number of ether oxygens (including phenoxy) is 2. The number of fused-ring (bicyclic) bond motifs is 1. The van der Waals surface area contributed by atoms with E-state index in [1.807, 2.05) is 26.0 Å². The van der Waals surface area contributed by atoms with Gasteiger partial charge in [0, 0.05) is 18.2 Å². The van der Waals surface area contributed by atoms with Gasteiger partial charge in [0.25, 0.3) is 0 Å². The molecule has 1 fully saturated rings. The maximum Gasteiger partial charge on any atom is 0.206 e.